The molecule has 0 unspecified atom stereocenters. The van der Waals surface area contributed by atoms with Crippen LogP contribution in [0.15, 0.2) is 0 Å². The summed E-state index contributed by atoms with van der Waals surface area (Å²) in [6, 6.07) is 2.37. The topological polar surface area (TPSA) is 126 Å². The third-order valence-corrected chi connectivity index (χ3v) is 17.9. The van der Waals surface area contributed by atoms with E-state index in [1.165, 1.54) is 206 Å². The molecular formula is C58H120Cl4N8O4. The Kier molecular flexibility index (Phi) is 42.7. The third-order valence-electron chi connectivity index (χ3n) is 17.9. The predicted molar refractivity (Wildman–Crippen MR) is 323 cm³/mol. The van der Waals surface area contributed by atoms with Gasteiger partial charge in [0.25, 0.3) is 0 Å². The van der Waals surface area contributed by atoms with E-state index in [1.807, 2.05) is 0 Å². The summed E-state index contributed by atoms with van der Waals surface area (Å²) in [5, 5.41) is 7.04. The Morgan fingerprint density at radius 2 is 0.581 bits per heavy atom. The molecule has 6 N–H and O–H groups in total. The van der Waals surface area contributed by atoms with E-state index in [0.29, 0.717) is 36.5 Å². The van der Waals surface area contributed by atoms with Gasteiger partial charge in [-0.05, 0) is 194 Å². The Morgan fingerprint density at radius 1 is 0.338 bits per heavy atom. The molecule has 16 heteroatoms. The largest absolute Gasteiger partial charge is 0.377 e. The first-order chi connectivity index (χ1) is 34.2. The molecule has 12 atom stereocenters. The molecule has 0 spiro atoms. The number of rotatable bonds is 18. The molecule has 0 radical (unpaired) electrons. The summed E-state index contributed by atoms with van der Waals surface area (Å²) in [6.07, 6.45) is 33.8. The highest BCUT2D eigenvalue weighted by molar-refractivity contribution is 5.86. The molecule has 0 bridgehead atoms. The monoisotopic (exact) mass is 1130 g/mol. The number of piperidine rings is 4. The van der Waals surface area contributed by atoms with Crippen LogP contribution in [-0.4, -0.2) is 187 Å². The van der Waals surface area contributed by atoms with Crippen molar-refractivity contribution in [3.05, 3.63) is 0 Å². The summed E-state index contributed by atoms with van der Waals surface area (Å²) >= 11 is 0. The van der Waals surface area contributed by atoms with Crippen LogP contribution in [0.1, 0.15) is 182 Å². The number of halogens is 4. The molecule has 444 valence electrons. The van der Waals surface area contributed by atoms with Gasteiger partial charge in [-0.2, -0.15) is 0 Å². The van der Waals surface area contributed by atoms with Crippen LogP contribution in [0.25, 0.3) is 0 Å². The van der Waals surface area contributed by atoms with Gasteiger partial charge in [0, 0.05) is 103 Å². The second-order valence-electron chi connectivity index (χ2n) is 23.2. The lowest BCUT2D eigenvalue weighted by atomic mass is 9.84. The summed E-state index contributed by atoms with van der Waals surface area (Å²) < 4.78 is 23.1. The molecule has 8 aliphatic rings. The fourth-order valence-electron chi connectivity index (χ4n) is 14.1. The zero-order valence-corrected chi connectivity index (χ0v) is 51.7. The van der Waals surface area contributed by atoms with Crippen molar-refractivity contribution in [2.75, 3.05) is 119 Å². The lowest BCUT2D eigenvalue weighted by Gasteiger charge is -2.38. The normalized spacial score (nSPS) is 33.4. The average Bonchev–Trinajstić information content (AvgIpc) is 3.37. The van der Waals surface area contributed by atoms with E-state index in [9.17, 15) is 0 Å². The molecule has 8 fully saturated rings. The molecule has 0 aromatic heterocycles. The average molecular weight is 1140 g/mol. The Balaban J connectivity index is 0.000000485. The van der Waals surface area contributed by atoms with Crippen LogP contribution in [-0.2, 0) is 18.9 Å². The minimum Gasteiger partial charge on any atom is -0.377 e. The number of likely N-dealkylation sites (tertiary alicyclic amines) is 4. The highest BCUT2D eigenvalue weighted by Gasteiger charge is 2.32. The molecule has 4 aliphatic heterocycles. The Morgan fingerprint density at radius 3 is 0.838 bits per heavy atom. The lowest BCUT2D eigenvalue weighted by Crippen LogP contribution is -2.47. The maximum absolute atomic E-state index is 6.23. The molecule has 8 rings (SSSR count). The standard InChI is InChI=1S/2C15H30N2O.2C14H28N2O.4ClH/c2*1-3-18-14-8-6-10-17(12-14)11-13-7-4-5-9-15(13)16-2;2*1-2-17-13-7-5-9-16(11-13)10-12-6-3-4-8-14(12)15;;;;/h2*13-16H,3-12H2,1-2H3;2*12-14H,2-11,15H2,1H3;4*1H/t13-,14+,15+;13-,14-,15+;12-,13+,14+;12-,13-,14+;;;;/m0101..../s1. The van der Waals surface area contributed by atoms with E-state index < -0.39 is 0 Å². The van der Waals surface area contributed by atoms with E-state index in [2.05, 4.69) is 72.0 Å². The maximum atomic E-state index is 6.23. The highest BCUT2D eigenvalue weighted by atomic mass is 35.5. The van der Waals surface area contributed by atoms with Crippen molar-refractivity contribution in [3.63, 3.8) is 0 Å². The Bertz CT molecular complexity index is 1210. The van der Waals surface area contributed by atoms with Crippen molar-refractivity contribution in [1.29, 1.82) is 0 Å². The van der Waals surface area contributed by atoms with Gasteiger partial charge in [-0.25, -0.2) is 0 Å². The second kappa shape index (κ2) is 43.4. The van der Waals surface area contributed by atoms with Crippen LogP contribution in [0.2, 0.25) is 0 Å². The van der Waals surface area contributed by atoms with E-state index in [4.69, 9.17) is 30.4 Å². The van der Waals surface area contributed by atoms with Crippen LogP contribution in [0.5, 0.6) is 0 Å². The van der Waals surface area contributed by atoms with Gasteiger partial charge in [-0.15, -0.1) is 49.6 Å². The van der Waals surface area contributed by atoms with Crippen LogP contribution in [0, 0.1) is 23.7 Å². The number of ether oxygens (including phenoxy) is 4. The fourth-order valence-corrected chi connectivity index (χ4v) is 14.1. The van der Waals surface area contributed by atoms with Crippen molar-refractivity contribution < 1.29 is 18.9 Å². The Hall–Kier alpha value is 0.680. The number of nitrogens with zero attached hydrogens (tertiary/aromatic N) is 4. The first kappa shape index (κ1) is 72.7. The van der Waals surface area contributed by atoms with Crippen molar-refractivity contribution in [2.45, 2.75) is 230 Å². The van der Waals surface area contributed by atoms with Crippen molar-refractivity contribution in [2.24, 2.45) is 35.1 Å². The van der Waals surface area contributed by atoms with Gasteiger partial charge >= 0.3 is 0 Å². The molecule has 0 aromatic rings. The van der Waals surface area contributed by atoms with Crippen LogP contribution < -0.4 is 22.1 Å². The van der Waals surface area contributed by atoms with E-state index in [-0.39, 0.29) is 49.6 Å². The summed E-state index contributed by atoms with van der Waals surface area (Å²) in [6.45, 7) is 26.4. The lowest BCUT2D eigenvalue weighted by molar-refractivity contribution is -0.00147. The summed E-state index contributed by atoms with van der Waals surface area (Å²) in [5.41, 5.74) is 12.5. The molecule has 4 aliphatic carbocycles. The molecule has 4 saturated heterocycles. The molecule has 4 heterocycles. The highest BCUT2D eigenvalue weighted by Crippen LogP contribution is 2.30. The zero-order valence-electron chi connectivity index (χ0n) is 48.4. The first-order valence-electron chi connectivity index (χ1n) is 30.5. The van der Waals surface area contributed by atoms with Crippen molar-refractivity contribution in [3.8, 4) is 0 Å². The van der Waals surface area contributed by atoms with Gasteiger partial charge in [0.1, 0.15) is 0 Å². The van der Waals surface area contributed by atoms with E-state index in [0.717, 1.165) is 88.4 Å². The summed E-state index contributed by atoms with van der Waals surface area (Å²) in [7, 11) is 4.25. The fraction of sp³-hybridized carbons (Fsp3) is 1.00. The molecule has 0 amide bonds. The number of nitrogens with two attached hydrogens (primary N) is 2. The number of nitrogens with one attached hydrogen (secondary N) is 2. The SMILES string of the molecule is CCO[C@@H]1CCCN(C[C@@H]2CCCC[C@H]2N)C1.CCO[C@@H]1CCCN(C[C@@H]2CCCC[C@H]2NC)C1.CCO[C@@H]1CCCN(C[C@H]2CCCC[C@@H]2N)C1.CCO[C@@H]1CCCN(C[C@H]2CCCC[C@@H]2NC)C1.Cl.Cl.Cl.Cl. The maximum Gasteiger partial charge on any atom is 0.0702 e. The van der Waals surface area contributed by atoms with Gasteiger partial charge in [0.15, 0.2) is 0 Å². The molecule has 12 nitrogen and oxygen atoms in total. The van der Waals surface area contributed by atoms with E-state index >= 15 is 0 Å². The smallest absolute Gasteiger partial charge is 0.0702 e. The molecule has 0 aromatic carbocycles. The van der Waals surface area contributed by atoms with Crippen LogP contribution in [0.3, 0.4) is 0 Å². The second-order valence-corrected chi connectivity index (χ2v) is 23.2. The van der Waals surface area contributed by atoms with Crippen molar-refractivity contribution in [1.82, 2.24) is 30.2 Å². The van der Waals surface area contributed by atoms with Gasteiger partial charge in [-0.3, -0.25) is 0 Å². The number of hydrogen-bond donors (Lipinski definition) is 4. The molecular weight excluding hydrogens is 1010 g/mol. The van der Waals surface area contributed by atoms with Gasteiger partial charge < -0.3 is 60.6 Å². The van der Waals surface area contributed by atoms with Crippen molar-refractivity contribution >= 4 is 49.6 Å². The summed E-state index contributed by atoms with van der Waals surface area (Å²) in [5.74, 6) is 3.15. The third kappa shape index (κ3) is 27.4. The minimum absolute atomic E-state index is 0. The van der Waals surface area contributed by atoms with Gasteiger partial charge in [-0.1, -0.05) is 51.4 Å². The van der Waals surface area contributed by atoms with E-state index in [1.54, 1.807) is 0 Å². The zero-order chi connectivity index (χ0) is 49.8. The van der Waals surface area contributed by atoms with Gasteiger partial charge in [0.2, 0.25) is 0 Å². The summed E-state index contributed by atoms with van der Waals surface area (Å²) in [4.78, 5) is 10.5. The first-order valence-corrected chi connectivity index (χ1v) is 30.5. The van der Waals surface area contributed by atoms with Crippen LogP contribution in [0.4, 0.5) is 0 Å². The Labute approximate surface area is 480 Å². The van der Waals surface area contributed by atoms with Crippen LogP contribution >= 0.6 is 49.6 Å². The number of hydrogen-bond acceptors (Lipinski definition) is 12. The molecule has 74 heavy (non-hydrogen) atoms. The minimum atomic E-state index is 0. The quantitative estimate of drug-likeness (QED) is 0.104. The predicted octanol–water partition coefficient (Wildman–Crippen LogP) is 10.2. The van der Waals surface area contributed by atoms with Gasteiger partial charge in [0.05, 0.1) is 24.4 Å². The molecule has 4 saturated carbocycles.